The van der Waals surface area contributed by atoms with Gasteiger partial charge in [-0.25, -0.2) is 4.79 Å². The average molecular weight is 334 g/mol. The summed E-state index contributed by atoms with van der Waals surface area (Å²) in [6.45, 7) is 8.36. The maximum absolute atomic E-state index is 12.4. The molecule has 0 spiro atoms. The maximum atomic E-state index is 12.4. The predicted octanol–water partition coefficient (Wildman–Crippen LogP) is 2.90. The molecule has 0 bridgehead atoms. The van der Waals surface area contributed by atoms with Gasteiger partial charge >= 0.3 is 6.09 Å². The molecule has 1 atom stereocenters. The van der Waals surface area contributed by atoms with Crippen LogP contribution in [0, 0.1) is 0 Å². The van der Waals surface area contributed by atoms with Crippen molar-refractivity contribution in [3.05, 3.63) is 18.2 Å². The minimum absolute atomic E-state index is 0.222. The number of carbonyl (C=O) groups is 1. The molecule has 1 amide bonds. The topological polar surface area (TPSA) is 51.2 Å². The molecular formula is C18H26N2O4. The van der Waals surface area contributed by atoms with Crippen LogP contribution in [0.2, 0.25) is 0 Å². The summed E-state index contributed by atoms with van der Waals surface area (Å²) in [6, 6.07) is 6.10. The Morgan fingerprint density at radius 2 is 2.08 bits per heavy atom. The smallest absolute Gasteiger partial charge is 0.410 e. The standard InChI is InChI=1S/C18H26N2O4/c1-18(2,3)24-17(21)19-8-9-20-13(12-19)7-10-23-16-6-5-14(22-4)11-15(16)20/h5-6,11,13H,7-10,12H2,1-4H3. The molecule has 24 heavy (non-hydrogen) atoms. The molecule has 1 fully saturated rings. The molecule has 0 aromatic heterocycles. The highest BCUT2D eigenvalue weighted by molar-refractivity contribution is 5.69. The van der Waals surface area contributed by atoms with Gasteiger partial charge in [-0.1, -0.05) is 0 Å². The van der Waals surface area contributed by atoms with Crippen molar-refractivity contribution in [1.29, 1.82) is 0 Å². The fourth-order valence-corrected chi connectivity index (χ4v) is 3.19. The van der Waals surface area contributed by atoms with Gasteiger partial charge in [-0.05, 0) is 32.9 Å². The van der Waals surface area contributed by atoms with E-state index in [-0.39, 0.29) is 12.1 Å². The zero-order valence-electron chi connectivity index (χ0n) is 14.9. The van der Waals surface area contributed by atoms with E-state index in [1.54, 1.807) is 12.0 Å². The highest BCUT2D eigenvalue weighted by atomic mass is 16.6. The second kappa shape index (κ2) is 6.42. The zero-order valence-corrected chi connectivity index (χ0v) is 14.9. The van der Waals surface area contributed by atoms with Crippen molar-refractivity contribution in [1.82, 2.24) is 4.90 Å². The van der Waals surface area contributed by atoms with Crippen molar-refractivity contribution in [2.45, 2.75) is 38.8 Å². The lowest BCUT2D eigenvalue weighted by Crippen LogP contribution is -2.55. The molecule has 3 rings (SSSR count). The fraction of sp³-hybridized carbons (Fsp3) is 0.611. The first-order valence-corrected chi connectivity index (χ1v) is 8.43. The number of hydrogen-bond donors (Lipinski definition) is 0. The van der Waals surface area contributed by atoms with E-state index < -0.39 is 5.60 Å². The third kappa shape index (κ3) is 3.52. The van der Waals surface area contributed by atoms with Gasteiger partial charge in [0.15, 0.2) is 0 Å². The van der Waals surface area contributed by atoms with E-state index in [9.17, 15) is 4.79 Å². The number of carbonyl (C=O) groups excluding carboxylic acids is 1. The Kier molecular flexibility index (Phi) is 4.47. The number of hydrogen-bond acceptors (Lipinski definition) is 5. The molecule has 2 aliphatic heterocycles. The van der Waals surface area contributed by atoms with Gasteiger partial charge in [0.1, 0.15) is 17.1 Å². The number of methoxy groups -OCH3 is 1. The highest BCUT2D eigenvalue weighted by Gasteiger charge is 2.34. The summed E-state index contributed by atoms with van der Waals surface area (Å²) in [7, 11) is 1.66. The first kappa shape index (κ1) is 16.7. The van der Waals surface area contributed by atoms with Crippen molar-refractivity contribution >= 4 is 11.8 Å². The number of rotatable bonds is 1. The van der Waals surface area contributed by atoms with Gasteiger partial charge in [0.2, 0.25) is 0 Å². The van der Waals surface area contributed by atoms with Crippen molar-refractivity contribution in [2.75, 3.05) is 38.3 Å². The number of anilines is 1. The van der Waals surface area contributed by atoms with Gasteiger partial charge in [0.05, 0.1) is 25.4 Å². The summed E-state index contributed by atoms with van der Waals surface area (Å²) < 4.78 is 16.7. The van der Waals surface area contributed by atoms with Crippen LogP contribution in [0.1, 0.15) is 27.2 Å². The minimum atomic E-state index is -0.471. The second-order valence-electron chi connectivity index (χ2n) is 7.24. The van der Waals surface area contributed by atoms with E-state index in [4.69, 9.17) is 14.2 Å². The van der Waals surface area contributed by atoms with E-state index in [1.807, 2.05) is 39.0 Å². The summed E-state index contributed by atoms with van der Waals surface area (Å²) in [5, 5.41) is 0. The molecule has 1 aromatic rings. The Morgan fingerprint density at radius 3 is 2.79 bits per heavy atom. The third-order valence-electron chi connectivity index (χ3n) is 4.32. The lowest BCUT2D eigenvalue weighted by molar-refractivity contribution is 0.0211. The molecule has 1 saturated heterocycles. The highest BCUT2D eigenvalue weighted by Crippen LogP contribution is 2.37. The van der Waals surface area contributed by atoms with Crippen LogP contribution in [0.5, 0.6) is 11.5 Å². The van der Waals surface area contributed by atoms with Crippen LogP contribution in [-0.2, 0) is 4.74 Å². The quantitative estimate of drug-likeness (QED) is 0.790. The fourth-order valence-electron chi connectivity index (χ4n) is 3.19. The van der Waals surface area contributed by atoms with Crippen LogP contribution in [0.4, 0.5) is 10.5 Å². The summed E-state index contributed by atoms with van der Waals surface area (Å²) >= 11 is 0. The monoisotopic (exact) mass is 334 g/mol. The summed E-state index contributed by atoms with van der Waals surface area (Å²) in [4.78, 5) is 16.5. The van der Waals surface area contributed by atoms with Crippen molar-refractivity contribution in [3.63, 3.8) is 0 Å². The Balaban J connectivity index is 1.77. The molecule has 6 heteroatoms. The number of ether oxygens (including phenoxy) is 3. The number of fused-ring (bicyclic) bond motifs is 3. The van der Waals surface area contributed by atoms with Gasteiger partial charge < -0.3 is 24.0 Å². The molecule has 2 aliphatic rings. The Hall–Kier alpha value is -2.11. The van der Waals surface area contributed by atoms with Crippen LogP contribution >= 0.6 is 0 Å². The lowest BCUT2D eigenvalue weighted by Gasteiger charge is -2.42. The van der Waals surface area contributed by atoms with E-state index in [0.29, 0.717) is 19.7 Å². The molecule has 0 aliphatic carbocycles. The Bertz CT molecular complexity index is 612. The summed E-state index contributed by atoms with van der Waals surface area (Å²) in [6.07, 6.45) is 0.634. The number of benzene rings is 1. The van der Waals surface area contributed by atoms with Crippen LogP contribution in [0.25, 0.3) is 0 Å². The molecule has 1 aromatic carbocycles. The molecule has 0 radical (unpaired) electrons. The molecule has 6 nitrogen and oxygen atoms in total. The van der Waals surface area contributed by atoms with E-state index in [1.165, 1.54) is 0 Å². The van der Waals surface area contributed by atoms with E-state index in [0.717, 1.165) is 30.2 Å². The van der Waals surface area contributed by atoms with Crippen LogP contribution in [0.15, 0.2) is 18.2 Å². The molecule has 132 valence electrons. The number of piperazine rings is 1. The maximum Gasteiger partial charge on any atom is 0.410 e. The van der Waals surface area contributed by atoms with Gasteiger partial charge in [0.25, 0.3) is 0 Å². The number of nitrogens with zero attached hydrogens (tertiary/aromatic N) is 2. The largest absolute Gasteiger partial charge is 0.497 e. The molecule has 0 N–H and O–H groups in total. The molecule has 1 unspecified atom stereocenters. The van der Waals surface area contributed by atoms with Crippen LogP contribution in [-0.4, -0.2) is 56.0 Å². The van der Waals surface area contributed by atoms with E-state index >= 15 is 0 Å². The van der Waals surface area contributed by atoms with Crippen LogP contribution in [0.3, 0.4) is 0 Å². The second-order valence-corrected chi connectivity index (χ2v) is 7.24. The van der Waals surface area contributed by atoms with Crippen molar-refractivity contribution in [2.24, 2.45) is 0 Å². The first-order chi connectivity index (χ1) is 11.4. The molecule has 2 heterocycles. The normalized spacial score (nSPS) is 20.4. The number of amides is 1. The van der Waals surface area contributed by atoms with Gasteiger partial charge in [-0.2, -0.15) is 0 Å². The average Bonchev–Trinajstić information content (AvgIpc) is 2.71. The van der Waals surface area contributed by atoms with Crippen LogP contribution < -0.4 is 14.4 Å². The summed E-state index contributed by atoms with van der Waals surface area (Å²) in [5.74, 6) is 1.69. The van der Waals surface area contributed by atoms with Crippen molar-refractivity contribution < 1.29 is 19.0 Å². The van der Waals surface area contributed by atoms with Crippen molar-refractivity contribution in [3.8, 4) is 11.5 Å². The van der Waals surface area contributed by atoms with Gasteiger partial charge in [-0.15, -0.1) is 0 Å². The Morgan fingerprint density at radius 1 is 1.29 bits per heavy atom. The minimum Gasteiger partial charge on any atom is -0.497 e. The SMILES string of the molecule is COc1ccc2c(c1)N1CCN(C(=O)OC(C)(C)C)CC1CCO2. The molecule has 0 saturated carbocycles. The third-order valence-corrected chi connectivity index (χ3v) is 4.32. The van der Waals surface area contributed by atoms with E-state index in [2.05, 4.69) is 4.90 Å². The summed E-state index contributed by atoms with van der Waals surface area (Å²) in [5.41, 5.74) is 0.571. The molecular weight excluding hydrogens is 308 g/mol. The Labute approximate surface area is 143 Å². The zero-order chi connectivity index (χ0) is 17.3. The van der Waals surface area contributed by atoms with Gasteiger partial charge in [-0.3, -0.25) is 0 Å². The lowest BCUT2D eigenvalue weighted by atomic mass is 10.1. The first-order valence-electron chi connectivity index (χ1n) is 8.43. The van der Waals surface area contributed by atoms with Gasteiger partial charge in [0, 0.05) is 32.1 Å². The predicted molar refractivity (Wildman–Crippen MR) is 92.0 cm³/mol.